The molecule has 1 amide bonds. The van der Waals surface area contributed by atoms with Gasteiger partial charge in [0.2, 0.25) is 12.5 Å². The molecule has 0 aromatic heterocycles. The van der Waals surface area contributed by atoms with Crippen LogP contribution in [-0.4, -0.2) is 72.5 Å². The minimum absolute atomic E-state index is 0. The third-order valence-corrected chi connectivity index (χ3v) is 14.8. The SMILES string of the molecule is C.C.CC1CCC(=O)CC1.CC1CCC(CN)(CC(=O)O)CC1.CC1CCC2(CC1)CNC(=O)C2.CCOC(=O)C=C1CCC(C)CC1.CCOC(=O)CC1(C[N+](=O)[O-])CCC(C)CC1.Cl. The number of esters is 2. The zero-order chi connectivity index (χ0) is 47.1. The van der Waals surface area contributed by atoms with Crippen LogP contribution in [0.2, 0.25) is 0 Å². The summed E-state index contributed by atoms with van der Waals surface area (Å²) in [5.41, 5.74) is 6.73. The quantitative estimate of drug-likeness (QED) is 0.0813. The number of carbonyl (C=O) groups is 5. The lowest BCUT2D eigenvalue weighted by Gasteiger charge is -2.37. The van der Waals surface area contributed by atoms with Gasteiger partial charge in [-0.1, -0.05) is 80.7 Å². The molecule has 14 heteroatoms. The van der Waals surface area contributed by atoms with Crippen molar-refractivity contribution in [2.45, 2.75) is 211 Å². The van der Waals surface area contributed by atoms with Crippen LogP contribution in [0.4, 0.5) is 0 Å². The molecule has 1 heterocycles. The van der Waals surface area contributed by atoms with Gasteiger partial charge in [-0.3, -0.25) is 29.3 Å². The van der Waals surface area contributed by atoms with E-state index in [9.17, 15) is 34.1 Å². The maximum Gasteiger partial charge on any atom is 0.330 e. The van der Waals surface area contributed by atoms with Gasteiger partial charge in [-0.25, -0.2) is 4.79 Å². The fraction of sp³-hybridized carbons (Fsp3) is 0.865. The lowest BCUT2D eigenvalue weighted by molar-refractivity contribution is -0.499. The molecule has 5 saturated carbocycles. The van der Waals surface area contributed by atoms with Gasteiger partial charge >= 0.3 is 17.9 Å². The van der Waals surface area contributed by atoms with E-state index in [2.05, 4.69) is 39.9 Å². The smallest absolute Gasteiger partial charge is 0.330 e. The van der Waals surface area contributed by atoms with E-state index in [1.807, 2.05) is 6.92 Å². The molecule has 0 aromatic rings. The number of nitrogens with one attached hydrogen (secondary N) is 1. The molecule has 6 rings (SSSR count). The molecule has 386 valence electrons. The number of carbonyl (C=O) groups excluding carboxylic acids is 4. The van der Waals surface area contributed by atoms with E-state index in [-0.39, 0.29) is 74.8 Å². The van der Waals surface area contributed by atoms with Crippen molar-refractivity contribution in [2.75, 3.05) is 32.8 Å². The molecule has 13 nitrogen and oxygen atoms in total. The summed E-state index contributed by atoms with van der Waals surface area (Å²) in [7, 11) is 0. The van der Waals surface area contributed by atoms with Crippen LogP contribution >= 0.6 is 12.4 Å². The van der Waals surface area contributed by atoms with Gasteiger partial charge in [-0.05, 0) is 151 Å². The van der Waals surface area contributed by atoms with Crippen molar-refractivity contribution in [2.24, 2.45) is 51.6 Å². The highest BCUT2D eigenvalue weighted by Crippen LogP contribution is 2.44. The molecule has 0 unspecified atom stereocenters. The van der Waals surface area contributed by atoms with E-state index in [4.69, 9.17) is 20.3 Å². The third-order valence-electron chi connectivity index (χ3n) is 14.8. The fourth-order valence-corrected chi connectivity index (χ4v) is 9.90. The second-order valence-electron chi connectivity index (χ2n) is 20.7. The summed E-state index contributed by atoms with van der Waals surface area (Å²) in [6, 6.07) is 0. The first kappa shape index (κ1) is 65.0. The molecule has 1 spiro atoms. The normalized spacial score (nSPS) is 29.1. The van der Waals surface area contributed by atoms with Gasteiger partial charge in [0.25, 0.3) is 0 Å². The highest BCUT2D eigenvalue weighted by atomic mass is 35.5. The predicted molar refractivity (Wildman–Crippen MR) is 268 cm³/mol. The number of carboxylic acid groups (broad SMARTS) is 1. The standard InChI is InChI=1S/C12H21NO4.C11H18O2.C10H19NO2.C10H17NO.C7H12O.2CH4.ClH/c1-3-17-11(14)8-12(9-13(15)16)6-4-10(2)5-7-12;1-3-13-11(12)8-10-6-4-9(2)5-7-10;1-8-2-4-10(7-11,5-3-8)6-9(12)13;1-8-2-4-10(5-3-8)6-9(12)11-7-10;1-6-2-4-7(8)5-3-6;;;/h10H,3-9H2,1-2H3;8-9H,3-7H2,1-2H3;8H,2-7,11H2,1H3,(H,12,13);8H,2-7H2,1H3,(H,11,12);6H,2-5H2,1H3;2*1H4;1H. The molecule has 4 N–H and O–H groups in total. The number of nitrogens with zero attached hydrogens (tertiary/aromatic N) is 1. The summed E-state index contributed by atoms with van der Waals surface area (Å²) in [6.45, 7) is 16.9. The molecule has 5 aliphatic carbocycles. The number of nitrogens with two attached hydrogens (primary N) is 1. The second-order valence-corrected chi connectivity index (χ2v) is 20.7. The van der Waals surface area contributed by atoms with Crippen LogP contribution < -0.4 is 11.1 Å². The van der Waals surface area contributed by atoms with Gasteiger partial charge in [0.05, 0.1) is 26.1 Å². The van der Waals surface area contributed by atoms with E-state index in [0.717, 1.165) is 127 Å². The Morgan fingerprint density at radius 2 is 1.14 bits per heavy atom. The number of rotatable bonds is 10. The number of amides is 1. The minimum atomic E-state index is -0.708. The zero-order valence-corrected chi connectivity index (χ0v) is 41.6. The van der Waals surface area contributed by atoms with Crippen LogP contribution in [-0.2, 0) is 33.4 Å². The molecule has 0 radical (unpaired) electrons. The van der Waals surface area contributed by atoms with Gasteiger partial charge in [-0.2, -0.15) is 0 Å². The summed E-state index contributed by atoms with van der Waals surface area (Å²) >= 11 is 0. The van der Waals surface area contributed by atoms with E-state index in [1.54, 1.807) is 13.0 Å². The zero-order valence-electron chi connectivity index (χ0n) is 40.8. The van der Waals surface area contributed by atoms with Gasteiger partial charge < -0.3 is 25.6 Å². The number of hydrogen-bond donors (Lipinski definition) is 3. The number of allylic oxidation sites excluding steroid dienone is 1. The van der Waals surface area contributed by atoms with E-state index < -0.39 is 11.4 Å². The Balaban J connectivity index is 0. The molecule has 1 saturated heterocycles. The number of nitro groups is 1. The summed E-state index contributed by atoms with van der Waals surface area (Å²) in [4.78, 5) is 65.4. The second kappa shape index (κ2) is 33.4. The van der Waals surface area contributed by atoms with E-state index >= 15 is 0 Å². The van der Waals surface area contributed by atoms with Gasteiger partial charge in [0.1, 0.15) is 5.78 Å². The molecule has 6 fully saturated rings. The number of aliphatic carboxylic acids is 1. The number of carboxylic acids is 1. The summed E-state index contributed by atoms with van der Waals surface area (Å²) in [5.74, 6) is 3.40. The lowest BCUT2D eigenvalue weighted by Crippen LogP contribution is -2.36. The lowest BCUT2D eigenvalue weighted by atomic mass is 9.69. The molecule has 66 heavy (non-hydrogen) atoms. The van der Waals surface area contributed by atoms with Crippen molar-refractivity contribution < 1.29 is 43.5 Å². The van der Waals surface area contributed by atoms with Crippen molar-refractivity contribution >= 4 is 42.0 Å². The van der Waals surface area contributed by atoms with Crippen LogP contribution in [0, 0.1) is 55.9 Å². The Hall–Kier alpha value is -3.06. The summed E-state index contributed by atoms with van der Waals surface area (Å²) < 4.78 is 9.77. The van der Waals surface area contributed by atoms with Crippen LogP contribution in [0.15, 0.2) is 11.6 Å². The van der Waals surface area contributed by atoms with Crippen molar-refractivity contribution in [3.8, 4) is 0 Å². The summed E-state index contributed by atoms with van der Waals surface area (Å²) in [5, 5.41) is 22.5. The van der Waals surface area contributed by atoms with Gasteiger partial charge in [-0.15, -0.1) is 12.4 Å². The van der Waals surface area contributed by atoms with Crippen molar-refractivity contribution in [3.63, 3.8) is 0 Å². The third kappa shape index (κ3) is 25.9. The fourth-order valence-electron chi connectivity index (χ4n) is 9.90. The van der Waals surface area contributed by atoms with Crippen molar-refractivity contribution in [1.29, 1.82) is 0 Å². The Morgan fingerprint density at radius 3 is 1.52 bits per heavy atom. The highest BCUT2D eigenvalue weighted by Gasteiger charge is 2.42. The molecule has 0 bridgehead atoms. The van der Waals surface area contributed by atoms with Crippen molar-refractivity contribution in [1.82, 2.24) is 5.32 Å². The van der Waals surface area contributed by atoms with Crippen LogP contribution in [0.5, 0.6) is 0 Å². The van der Waals surface area contributed by atoms with Crippen LogP contribution in [0.1, 0.15) is 211 Å². The molecular weight excluding hydrogens is 862 g/mol. The number of halogens is 1. The largest absolute Gasteiger partial charge is 0.481 e. The molecule has 0 aromatic carbocycles. The average Bonchev–Trinajstić information content (AvgIpc) is 3.60. The topological polar surface area (TPSA) is 205 Å². The Bertz CT molecular complexity index is 1440. The van der Waals surface area contributed by atoms with E-state index in [1.165, 1.54) is 44.1 Å². The predicted octanol–water partition coefficient (Wildman–Crippen LogP) is 11.9. The first-order chi connectivity index (χ1) is 29.8. The number of ether oxygens (including phenoxy) is 2. The van der Waals surface area contributed by atoms with Gasteiger partial charge in [0, 0.05) is 42.2 Å². The van der Waals surface area contributed by atoms with Gasteiger partial charge in [0.15, 0.2) is 0 Å². The van der Waals surface area contributed by atoms with Crippen molar-refractivity contribution in [3.05, 3.63) is 21.8 Å². The van der Waals surface area contributed by atoms with E-state index in [0.29, 0.717) is 36.9 Å². The number of ketones is 1. The number of hydrogen-bond acceptors (Lipinski definition) is 10. The Labute approximate surface area is 406 Å². The maximum absolute atomic E-state index is 11.5. The highest BCUT2D eigenvalue weighted by molar-refractivity contribution is 5.85. The molecular formula is C52H96ClN3O10. The minimum Gasteiger partial charge on any atom is -0.481 e. The molecule has 6 aliphatic rings. The molecule has 1 aliphatic heterocycles. The molecule has 0 atom stereocenters. The Kier molecular flexibility index (Phi) is 32.9. The Morgan fingerprint density at radius 1 is 0.712 bits per heavy atom. The number of Topliss-reactive ketones (excluding diaryl/α,β-unsaturated/α-hetero) is 1. The first-order valence-electron chi connectivity index (χ1n) is 24.6. The first-order valence-corrected chi connectivity index (χ1v) is 24.6. The van der Waals surface area contributed by atoms with Crippen LogP contribution in [0.25, 0.3) is 0 Å². The average molecular weight is 959 g/mol. The maximum atomic E-state index is 11.5. The van der Waals surface area contributed by atoms with Crippen LogP contribution in [0.3, 0.4) is 0 Å². The summed E-state index contributed by atoms with van der Waals surface area (Å²) in [6.07, 6.45) is 24.2. The monoisotopic (exact) mass is 958 g/mol.